The van der Waals surface area contributed by atoms with E-state index in [1.165, 1.54) is 128 Å². The normalized spacial score (nSPS) is 35.4. The first-order valence-electron chi connectivity index (χ1n) is 22.1. The van der Waals surface area contributed by atoms with E-state index in [1.54, 1.807) is 0 Å². The SMILES string of the molecule is CCCCCCCCCCCCCCCCC(O)C(=O)OC1C[C@@H](O)C[C@H]2CC[C@@H]3[C@@H]4CC[C@H]([C@H](C)CCCC(C)C)[C@@]4(C)CC[C@@H]3[C@@]12C. The van der Waals surface area contributed by atoms with E-state index >= 15 is 0 Å². The molecular formula is C45H82O4. The van der Waals surface area contributed by atoms with Crippen LogP contribution in [0, 0.1) is 52.3 Å². The zero-order valence-electron chi connectivity index (χ0n) is 33.4. The highest BCUT2D eigenvalue weighted by Crippen LogP contribution is 2.68. The molecule has 0 amide bonds. The largest absolute Gasteiger partial charge is 0.460 e. The molecule has 0 aromatic carbocycles. The van der Waals surface area contributed by atoms with E-state index in [2.05, 4.69) is 41.5 Å². The summed E-state index contributed by atoms with van der Waals surface area (Å²) in [7, 11) is 0. The van der Waals surface area contributed by atoms with Gasteiger partial charge in [-0.05, 0) is 98.2 Å². The van der Waals surface area contributed by atoms with E-state index in [-0.39, 0.29) is 11.5 Å². The molecule has 4 aliphatic rings. The van der Waals surface area contributed by atoms with Crippen molar-refractivity contribution in [2.24, 2.45) is 52.3 Å². The molecule has 0 spiro atoms. The Morgan fingerprint density at radius 2 is 1.33 bits per heavy atom. The summed E-state index contributed by atoms with van der Waals surface area (Å²) in [4.78, 5) is 13.4. The van der Waals surface area contributed by atoms with E-state index < -0.39 is 18.2 Å². The average molecular weight is 687 g/mol. The number of aliphatic hydroxyl groups excluding tert-OH is 2. The van der Waals surface area contributed by atoms with Gasteiger partial charge >= 0.3 is 5.97 Å². The summed E-state index contributed by atoms with van der Waals surface area (Å²) < 4.78 is 6.33. The molecule has 49 heavy (non-hydrogen) atoms. The predicted molar refractivity (Wildman–Crippen MR) is 205 cm³/mol. The monoisotopic (exact) mass is 687 g/mol. The lowest BCUT2D eigenvalue weighted by Gasteiger charge is -2.62. The number of carbonyl (C=O) groups is 1. The maximum absolute atomic E-state index is 13.4. The summed E-state index contributed by atoms with van der Waals surface area (Å²) in [5.41, 5.74) is 0.334. The molecule has 2 N–H and O–H groups in total. The van der Waals surface area contributed by atoms with Crippen LogP contribution in [0.1, 0.15) is 208 Å². The molecular weight excluding hydrogens is 604 g/mol. The Labute approximate surface area is 304 Å². The van der Waals surface area contributed by atoms with E-state index in [0.717, 1.165) is 49.4 Å². The van der Waals surface area contributed by atoms with Gasteiger partial charge in [0.05, 0.1) is 6.10 Å². The molecule has 0 aromatic rings. The fourth-order valence-corrected chi connectivity index (χ4v) is 12.3. The van der Waals surface area contributed by atoms with Crippen molar-refractivity contribution in [3.05, 3.63) is 0 Å². The third-order valence-electron chi connectivity index (χ3n) is 15.3. The number of carbonyl (C=O) groups excluding carboxylic acids is 1. The van der Waals surface area contributed by atoms with E-state index in [1.807, 2.05) is 0 Å². The number of esters is 1. The van der Waals surface area contributed by atoms with Crippen LogP contribution >= 0.6 is 0 Å². The highest BCUT2D eigenvalue weighted by atomic mass is 16.6. The number of unbranched alkanes of at least 4 members (excludes halogenated alkanes) is 13. The minimum Gasteiger partial charge on any atom is -0.460 e. The van der Waals surface area contributed by atoms with Gasteiger partial charge in [0.1, 0.15) is 6.10 Å². The molecule has 4 saturated carbocycles. The predicted octanol–water partition coefficient (Wildman–Crippen LogP) is 12.2. The lowest BCUT2D eigenvalue weighted by molar-refractivity contribution is -0.208. The van der Waals surface area contributed by atoms with Gasteiger partial charge in [-0.3, -0.25) is 0 Å². The van der Waals surface area contributed by atoms with Crippen LogP contribution in [0.4, 0.5) is 0 Å². The van der Waals surface area contributed by atoms with Crippen molar-refractivity contribution < 1.29 is 19.7 Å². The smallest absolute Gasteiger partial charge is 0.335 e. The van der Waals surface area contributed by atoms with Crippen LogP contribution in [-0.4, -0.2) is 34.5 Å². The highest BCUT2D eigenvalue weighted by Gasteiger charge is 2.63. The molecule has 0 heterocycles. The topological polar surface area (TPSA) is 66.8 Å². The van der Waals surface area contributed by atoms with E-state index in [0.29, 0.717) is 36.0 Å². The zero-order chi connectivity index (χ0) is 35.4. The Kier molecular flexibility index (Phi) is 16.8. The fraction of sp³-hybridized carbons (Fsp3) is 0.978. The summed E-state index contributed by atoms with van der Waals surface area (Å²) in [6.07, 6.45) is 30.1. The Morgan fingerprint density at radius 1 is 0.714 bits per heavy atom. The van der Waals surface area contributed by atoms with Crippen molar-refractivity contribution in [2.45, 2.75) is 227 Å². The summed E-state index contributed by atoms with van der Waals surface area (Å²) >= 11 is 0. The first kappa shape index (κ1) is 41.2. The van der Waals surface area contributed by atoms with E-state index in [9.17, 15) is 15.0 Å². The lowest BCUT2D eigenvalue weighted by Crippen LogP contribution is -2.60. The Hall–Kier alpha value is -0.610. The van der Waals surface area contributed by atoms with Crippen molar-refractivity contribution in [1.82, 2.24) is 0 Å². The standard InChI is InChI=1S/C45H82O4/c1-7-8-9-10-11-12-13-14-15-16-17-18-19-20-24-41(47)43(48)49-42-32-36(46)31-35-25-26-37-39-28-27-38(34(4)23-21-22-33(2)3)44(39,5)30-29-40(37)45(35,42)6/h33-42,46-47H,7-32H2,1-6H3/t34-,35-,36+,37-,38-,39+,40+,41?,42?,44-,45+/m1/s1. The van der Waals surface area contributed by atoms with E-state index in [4.69, 9.17) is 4.74 Å². The van der Waals surface area contributed by atoms with Gasteiger partial charge in [-0.2, -0.15) is 0 Å². The van der Waals surface area contributed by atoms with Gasteiger partial charge in [0.2, 0.25) is 0 Å². The quantitative estimate of drug-likeness (QED) is 0.0878. The fourth-order valence-electron chi connectivity index (χ4n) is 12.3. The first-order valence-corrected chi connectivity index (χ1v) is 22.1. The number of rotatable bonds is 22. The van der Waals surface area contributed by atoms with Gasteiger partial charge in [-0.1, -0.05) is 151 Å². The molecule has 2 unspecified atom stereocenters. The number of hydrogen-bond donors (Lipinski definition) is 2. The van der Waals surface area contributed by atoms with Gasteiger partial charge in [0, 0.05) is 11.8 Å². The van der Waals surface area contributed by atoms with Crippen LogP contribution in [0.2, 0.25) is 0 Å². The Balaban J connectivity index is 1.22. The van der Waals surface area contributed by atoms with Crippen molar-refractivity contribution in [3.63, 3.8) is 0 Å². The molecule has 286 valence electrons. The molecule has 4 rings (SSSR count). The molecule has 0 bridgehead atoms. The number of fused-ring (bicyclic) bond motifs is 5. The third kappa shape index (κ3) is 10.7. The number of aliphatic hydroxyl groups is 2. The molecule has 4 heteroatoms. The second-order valence-electron chi connectivity index (χ2n) is 19.0. The van der Waals surface area contributed by atoms with Gasteiger partial charge in [0.25, 0.3) is 0 Å². The van der Waals surface area contributed by atoms with Gasteiger partial charge in [0.15, 0.2) is 6.10 Å². The molecule has 0 radical (unpaired) electrons. The minimum absolute atomic E-state index is 0.102. The molecule has 11 atom stereocenters. The Bertz CT molecular complexity index is 948. The van der Waals surface area contributed by atoms with Crippen LogP contribution in [-0.2, 0) is 9.53 Å². The minimum atomic E-state index is -1.04. The van der Waals surface area contributed by atoms with Gasteiger partial charge < -0.3 is 14.9 Å². The van der Waals surface area contributed by atoms with Crippen molar-refractivity contribution >= 4 is 5.97 Å². The van der Waals surface area contributed by atoms with Crippen molar-refractivity contribution in [2.75, 3.05) is 0 Å². The molecule has 0 saturated heterocycles. The molecule has 0 aliphatic heterocycles. The maximum Gasteiger partial charge on any atom is 0.335 e. The van der Waals surface area contributed by atoms with Crippen LogP contribution in [0.15, 0.2) is 0 Å². The summed E-state index contributed by atoms with van der Waals surface area (Å²) in [6, 6.07) is 0. The maximum atomic E-state index is 13.4. The summed E-state index contributed by atoms with van der Waals surface area (Å²) in [5, 5.41) is 21.9. The highest BCUT2D eigenvalue weighted by molar-refractivity contribution is 5.74. The summed E-state index contributed by atoms with van der Waals surface area (Å²) in [6.45, 7) is 14.6. The molecule has 0 aromatic heterocycles. The van der Waals surface area contributed by atoms with Crippen LogP contribution < -0.4 is 0 Å². The Morgan fingerprint density at radius 3 is 1.94 bits per heavy atom. The van der Waals surface area contributed by atoms with Crippen LogP contribution in [0.5, 0.6) is 0 Å². The number of ether oxygens (including phenoxy) is 1. The molecule has 4 aliphatic carbocycles. The molecule has 4 nitrogen and oxygen atoms in total. The van der Waals surface area contributed by atoms with Crippen molar-refractivity contribution in [1.29, 1.82) is 0 Å². The lowest BCUT2D eigenvalue weighted by atomic mass is 9.43. The second-order valence-corrected chi connectivity index (χ2v) is 19.0. The molecule has 4 fully saturated rings. The van der Waals surface area contributed by atoms with Gasteiger partial charge in [-0.25, -0.2) is 4.79 Å². The average Bonchev–Trinajstić information content (AvgIpc) is 3.42. The third-order valence-corrected chi connectivity index (χ3v) is 15.3. The van der Waals surface area contributed by atoms with Gasteiger partial charge in [-0.15, -0.1) is 0 Å². The zero-order valence-corrected chi connectivity index (χ0v) is 33.4. The number of hydrogen-bond acceptors (Lipinski definition) is 4. The van der Waals surface area contributed by atoms with Crippen LogP contribution in [0.25, 0.3) is 0 Å². The second kappa shape index (κ2) is 20.0. The summed E-state index contributed by atoms with van der Waals surface area (Å²) in [5.74, 6) is 4.42. The first-order chi connectivity index (χ1) is 23.5. The van der Waals surface area contributed by atoms with Crippen LogP contribution in [0.3, 0.4) is 0 Å². The van der Waals surface area contributed by atoms with Crippen molar-refractivity contribution in [3.8, 4) is 0 Å².